The Labute approximate surface area is 184 Å². The maximum Gasteiger partial charge on any atom is 0.490 e. The molecule has 2 amide bonds. The molecule has 178 valence electrons. The molecule has 0 radical (unpaired) electrons. The van der Waals surface area contributed by atoms with E-state index in [1.807, 2.05) is 21.9 Å². The van der Waals surface area contributed by atoms with E-state index < -0.39 is 12.1 Å². The van der Waals surface area contributed by atoms with Crippen molar-refractivity contribution in [3.8, 4) is 0 Å². The van der Waals surface area contributed by atoms with Gasteiger partial charge in [0.25, 0.3) is 0 Å². The molecule has 0 aliphatic carbocycles. The first kappa shape index (κ1) is 24.2. The summed E-state index contributed by atoms with van der Waals surface area (Å²) in [5, 5.41) is 7.12. The van der Waals surface area contributed by atoms with Crippen LogP contribution in [0.1, 0.15) is 37.7 Å². The number of carbonyl (C=O) groups is 2. The molecule has 4 rings (SSSR count). The summed E-state index contributed by atoms with van der Waals surface area (Å²) in [6, 6.07) is 4.15. The van der Waals surface area contributed by atoms with Crippen molar-refractivity contribution in [2.75, 3.05) is 32.8 Å². The minimum absolute atomic E-state index is 0.106. The van der Waals surface area contributed by atoms with Crippen LogP contribution in [0.3, 0.4) is 0 Å². The summed E-state index contributed by atoms with van der Waals surface area (Å²) in [4.78, 5) is 29.6. The Morgan fingerprint density at radius 1 is 1.16 bits per heavy atom. The molecule has 1 spiro atoms. The van der Waals surface area contributed by atoms with Crippen molar-refractivity contribution in [1.82, 2.24) is 14.8 Å². The number of alkyl halides is 3. The van der Waals surface area contributed by atoms with E-state index in [0.29, 0.717) is 19.8 Å². The molecule has 1 aromatic heterocycles. The number of amides is 2. The van der Waals surface area contributed by atoms with E-state index >= 15 is 0 Å². The van der Waals surface area contributed by atoms with E-state index in [4.69, 9.17) is 19.4 Å². The number of nitrogens with zero attached hydrogens (tertiary/aromatic N) is 3. The van der Waals surface area contributed by atoms with Crippen molar-refractivity contribution in [3.05, 3.63) is 30.1 Å². The van der Waals surface area contributed by atoms with Crippen LogP contribution in [0.4, 0.5) is 18.0 Å². The molecular weight excluding hydrogens is 431 g/mol. The molecule has 0 unspecified atom stereocenters. The van der Waals surface area contributed by atoms with Crippen LogP contribution in [-0.2, 0) is 20.9 Å². The number of piperidine rings is 1. The summed E-state index contributed by atoms with van der Waals surface area (Å²) in [6.07, 6.45) is 3.76. The molecule has 0 aromatic carbocycles. The lowest BCUT2D eigenvalue weighted by atomic mass is 9.89. The van der Waals surface area contributed by atoms with Crippen LogP contribution < -0.4 is 0 Å². The Kier molecular flexibility index (Phi) is 7.94. The van der Waals surface area contributed by atoms with Crippen LogP contribution in [0, 0.1) is 0 Å². The third-order valence-corrected chi connectivity index (χ3v) is 5.84. The average molecular weight is 459 g/mol. The van der Waals surface area contributed by atoms with Crippen molar-refractivity contribution >= 4 is 12.0 Å². The molecule has 2 atom stereocenters. The molecule has 1 aromatic rings. The summed E-state index contributed by atoms with van der Waals surface area (Å²) >= 11 is 0. The van der Waals surface area contributed by atoms with Crippen LogP contribution in [-0.4, -0.2) is 82.6 Å². The minimum Gasteiger partial charge on any atom is -0.475 e. The monoisotopic (exact) mass is 459 g/mol. The predicted octanol–water partition coefficient (Wildman–Crippen LogP) is 3.07. The van der Waals surface area contributed by atoms with Crippen molar-refractivity contribution in [2.24, 2.45) is 0 Å². The van der Waals surface area contributed by atoms with Gasteiger partial charge in [0.2, 0.25) is 0 Å². The van der Waals surface area contributed by atoms with Gasteiger partial charge in [-0.05, 0) is 43.4 Å². The van der Waals surface area contributed by atoms with E-state index in [0.717, 1.165) is 57.3 Å². The number of rotatable bonds is 3. The summed E-state index contributed by atoms with van der Waals surface area (Å²) in [5.41, 5.74) is 0.918. The van der Waals surface area contributed by atoms with Gasteiger partial charge in [0.15, 0.2) is 0 Å². The van der Waals surface area contributed by atoms with Gasteiger partial charge >= 0.3 is 18.2 Å². The molecule has 3 fully saturated rings. The summed E-state index contributed by atoms with van der Waals surface area (Å²) in [7, 11) is 0. The zero-order chi connectivity index (χ0) is 23.2. The first-order chi connectivity index (χ1) is 15.2. The predicted molar refractivity (Wildman–Crippen MR) is 107 cm³/mol. The van der Waals surface area contributed by atoms with E-state index in [2.05, 4.69) is 4.98 Å². The van der Waals surface area contributed by atoms with Crippen LogP contribution in [0.2, 0.25) is 0 Å². The standard InChI is InChI=1S/C19H27N3O3.C2HF3O2/c23-18(21-9-1-2-10-21)22-11-3-6-19(15-22)12-17(14-25-19)24-13-16-4-7-20-8-5-16;3-2(4,5)1(6)7/h4-5,7-8,17H,1-3,6,9-15H2;(H,6,7)/t17-,19+;/m1./s1. The molecular formula is C21H28F3N3O5. The topological polar surface area (TPSA) is 92.2 Å². The van der Waals surface area contributed by atoms with Gasteiger partial charge in [0, 0.05) is 38.4 Å². The summed E-state index contributed by atoms with van der Waals surface area (Å²) in [5.74, 6) is -2.76. The van der Waals surface area contributed by atoms with Crippen LogP contribution in [0.15, 0.2) is 24.5 Å². The van der Waals surface area contributed by atoms with E-state index in [-0.39, 0.29) is 17.7 Å². The second-order valence-corrected chi connectivity index (χ2v) is 8.29. The van der Waals surface area contributed by atoms with Gasteiger partial charge in [0.05, 0.1) is 31.5 Å². The fraction of sp³-hybridized carbons (Fsp3) is 0.667. The van der Waals surface area contributed by atoms with Crippen molar-refractivity contribution < 1.29 is 37.3 Å². The second-order valence-electron chi connectivity index (χ2n) is 8.29. The maximum absolute atomic E-state index is 12.7. The zero-order valence-corrected chi connectivity index (χ0v) is 17.7. The van der Waals surface area contributed by atoms with E-state index in [1.165, 1.54) is 0 Å². The molecule has 3 aliphatic heterocycles. The van der Waals surface area contributed by atoms with Crippen molar-refractivity contribution in [1.29, 1.82) is 0 Å². The number of hydrogen-bond donors (Lipinski definition) is 1. The molecule has 0 bridgehead atoms. The third-order valence-electron chi connectivity index (χ3n) is 5.84. The Morgan fingerprint density at radius 3 is 2.41 bits per heavy atom. The number of likely N-dealkylation sites (tertiary alicyclic amines) is 2. The number of halogens is 3. The van der Waals surface area contributed by atoms with E-state index in [9.17, 15) is 18.0 Å². The molecule has 4 heterocycles. The number of aromatic nitrogens is 1. The number of aliphatic carboxylic acids is 1. The normalized spacial score (nSPS) is 25.5. The molecule has 1 N–H and O–H groups in total. The van der Waals surface area contributed by atoms with Crippen LogP contribution >= 0.6 is 0 Å². The molecule has 3 saturated heterocycles. The number of urea groups is 1. The second kappa shape index (κ2) is 10.5. The summed E-state index contributed by atoms with van der Waals surface area (Å²) < 4.78 is 44.0. The number of carboxylic acid groups (broad SMARTS) is 1. The van der Waals surface area contributed by atoms with Gasteiger partial charge in [-0.1, -0.05) is 0 Å². The average Bonchev–Trinajstić information content (AvgIpc) is 3.43. The SMILES string of the molecule is O=C(N1CCCC1)N1CCC[C@]2(C[C@@H](OCc3ccncc3)CO2)C1.O=C(O)C(F)(F)F. The van der Waals surface area contributed by atoms with Crippen LogP contribution in [0.5, 0.6) is 0 Å². The van der Waals surface area contributed by atoms with Crippen LogP contribution in [0.25, 0.3) is 0 Å². The fourth-order valence-electron chi connectivity index (χ4n) is 4.26. The van der Waals surface area contributed by atoms with Gasteiger partial charge in [-0.2, -0.15) is 13.2 Å². The zero-order valence-electron chi connectivity index (χ0n) is 17.7. The molecule has 32 heavy (non-hydrogen) atoms. The lowest BCUT2D eigenvalue weighted by molar-refractivity contribution is -0.192. The molecule has 0 saturated carbocycles. The van der Waals surface area contributed by atoms with Gasteiger partial charge in [0.1, 0.15) is 0 Å². The summed E-state index contributed by atoms with van der Waals surface area (Å²) in [6.45, 7) is 4.57. The maximum atomic E-state index is 12.7. The fourth-order valence-corrected chi connectivity index (χ4v) is 4.26. The number of carbonyl (C=O) groups excluding carboxylic acids is 1. The highest BCUT2D eigenvalue weighted by Gasteiger charge is 2.45. The Balaban J connectivity index is 0.000000360. The minimum atomic E-state index is -5.08. The lowest BCUT2D eigenvalue weighted by Crippen LogP contribution is -2.53. The lowest BCUT2D eigenvalue weighted by Gasteiger charge is -2.41. The van der Waals surface area contributed by atoms with Crippen molar-refractivity contribution in [3.63, 3.8) is 0 Å². The van der Waals surface area contributed by atoms with Gasteiger partial charge in [-0.25, -0.2) is 9.59 Å². The Hall–Kier alpha value is -2.40. The van der Waals surface area contributed by atoms with Gasteiger partial charge in [-0.3, -0.25) is 4.98 Å². The van der Waals surface area contributed by atoms with Gasteiger partial charge < -0.3 is 24.4 Å². The molecule has 11 heteroatoms. The molecule has 8 nitrogen and oxygen atoms in total. The van der Waals surface area contributed by atoms with Crippen molar-refractivity contribution in [2.45, 2.75) is 56.6 Å². The quantitative estimate of drug-likeness (QED) is 0.747. The first-order valence-electron chi connectivity index (χ1n) is 10.7. The highest BCUT2D eigenvalue weighted by Crippen LogP contribution is 2.36. The number of carboxylic acids is 1. The first-order valence-corrected chi connectivity index (χ1v) is 10.7. The Bertz CT molecular complexity index is 774. The largest absolute Gasteiger partial charge is 0.490 e. The van der Waals surface area contributed by atoms with Gasteiger partial charge in [-0.15, -0.1) is 0 Å². The number of hydrogen-bond acceptors (Lipinski definition) is 5. The highest BCUT2D eigenvalue weighted by atomic mass is 19.4. The number of ether oxygens (including phenoxy) is 2. The smallest absolute Gasteiger partial charge is 0.475 e. The molecule has 3 aliphatic rings. The Morgan fingerprint density at radius 2 is 1.78 bits per heavy atom. The number of pyridine rings is 1. The van der Waals surface area contributed by atoms with E-state index in [1.54, 1.807) is 12.4 Å². The third kappa shape index (κ3) is 6.55. The highest BCUT2D eigenvalue weighted by molar-refractivity contribution is 5.75.